The fraction of sp³-hybridized carbons (Fsp3) is 0.429. The summed E-state index contributed by atoms with van der Waals surface area (Å²) in [5.41, 5.74) is 0.923. The fourth-order valence-electron chi connectivity index (χ4n) is 4.04. The van der Waals surface area contributed by atoms with Crippen molar-refractivity contribution in [3.8, 4) is 0 Å². The molecule has 1 N–H and O–H groups in total. The Balaban J connectivity index is 0.00000196. The van der Waals surface area contributed by atoms with Crippen LogP contribution < -0.4 is 0 Å². The molecule has 0 saturated heterocycles. The van der Waals surface area contributed by atoms with Crippen LogP contribution in [0.5, 0.6) is 0 Å². The zero-order valence-corrected chi connectivity index (χ0v) is 15.3. The quantitative estimate of drug-likeness (QED) is 0.535. The zero-order chi connectivity index (χ0) is 17.7. The summed E-state index contributed by atoms with van der Waals surface area (Å²) in [7, 11) is 0. The van der Waals surface area contributed by atoms with Crippen LogP contribution in [0.25, 0.3) is 20.2 Å². The molecule has 0 bridgehead atoms. The van der Waals surface area contributed by atoms with E-state index >= 15 is 4.39 Å². The molecule has 4 heteroatoms. The highest BCUT2D eigenvalue weighted by Gasteiger charge is 2.28. The molecule has 0 radical (unpaired) electrons. The molecule has 3 aromatic rings. The first kappa shape index (κ1) is 16.9. The largest absolute Gasteiger partial charge is 0.388 e. The smallest absolute Gasteiger partial charge is 0.146 e. The average Bonchev–Trinajstić information content (AvgIpc) is 2.99. The van der Waals surface area contributed by atoms with E-state index < -0.39 is 6.10 Å². The predicted molar refractivity (Wildman–Crippen MR) is 102 cm³/mol. The molecule has 0 amide bonds. The van der Waals surface area contributed by atoms with Gasteiger partial charge in [0, 0.05) is 17.8 Å². The van der Waals surface area contributed by atoms with Crippen LogP contribution in [-0.4, -0.2) is 5.11 Å². The number of hydrogen-bond acceptors (Lipinski definition) is 2. The predicted octanol–water partition coefficient (Wildman–Crippen LogP) is 6.75. The summed E-state index contributed by atoms with van der Waals surface area (Å²) in [6.07, 6.45) is 3.24. The van der Waals surface area contributed by atoms with Crippen molar-refractivity contribution in [2.45, 2.75) is 45.6 Å². The Morgan fingerprint density at radius 3 is 2.28 bits per heavy atom. The first-order chi connectivity index (χ1) is 12.0. The molecule has 1 aromatic heterocycles. The van der Waals surface area contributed by atoms with E-state index in [4.69, 9.17) is 0 Å². The van der Waals surface area contributed by atoms with Crippen LogP contribution in [0.15, 0.2) is 24.3 Å². The number of halogens is 2. The Bertz CT molecular complexity index is 944. The van der Waals surface area contributed by atoms with Gasteiger partial charge in [0.05, 0.1) is 15.5 Å². The van der Waals surface area contributed by atoms with Gasteiger partial charge in [0.1, 0.15) is 11.6 Å². The highest BCUT2D eigenvalue weighted by molar-refractivity contribution is 7.25. The number of aliphatic hydroxyl groups excluding tert-OH is 1. The standard InChI is InChI=1S/C21H22F2OS.H2/c1-11-3-6-13(7-4-11)19(24)16-10-9-15-14-8-5-12(2)17(22)20(14)25-21(15)18(16)23;/h5,8-11,13,19,24H,3-4,6-7H2,1-2H3;1H. The lowest BCUT2D eigenvalue weighted by Gasteiger charge is -2.30. The topological polar surface area (TPSA) is 20.2 Å². The van der Waals surface area contributed by atoms with Crippen molar-refractivity contribution < 1.29 is 15.3 Å². The van der Waals surface area contributed by atoms with Gasteiger partial charge in [-0.05, 0) is 37.2 Å². The van der Waals surface area contributed by atoms with Crippen LogP contribution in [0.3, 0.4) is 0 Å². The van der Waals surface area contributed by atoms with Gasteiger partial charge < -0.3 is 5.11 Å². The van der Waals surface area contributed by atoms with E-state index in [2.05, 4.69) is 6.92 Å². The van der Waals surface area contributed by atoms with Crippen molar-refractivity contribution in [1.29, 1.82) is 0 Å². The lowest BCUT2D eigenvalue weighted by molar-refractivity contribution is 0.0729. The summed E-state index contributed by atoms with van der Waals surface area (Å²) < 4.78 is 30.5. The van der Waals surface area contributed by atoms with E-state index in [1.54, 1.807) is 19.1 Å². The molecule has 1 heterocycles. The number of rotatable bonds is 2. The molecular weight excluding hydrogens is 338 g/mol. The van der Waals surface area contributed by atoms with Gasteiger partial charge in [0.2, 0.25) is 0 Å². The van der Waals surface area contributed by atoms with Crippen LogP contribution >= 0.6 is 11.3 Å². The molecule has 2 aromatic carbocycles. The van der Waals surface area contributed by atoms with Gasteiger partial charge in [0.15, 0.2) is 0 Å². The summed E-state index contributed by atoms with van der Waals surface area (Å²) in [5, 5.41) is 12.2. The van der Waals surface area contributed by atoms with E-state index in [9.17, 15) is 9.50 Å². The van der Waals surface area contributed by atoms with E-state index in [1.165, 1.54) is 0 Å². The summed E-state index contributed by atoms with van der Waals surface area (Å²) in [6.45, 7) is 3.94. The Hall–Kier alpha value is -1.52. The molecule has 0 spiro atoms. The van der Waals surface area contributed by atoms with Gasteiger partial charge in [-0.1, -0.05) is 44.0 Å². The monoisotopic (exact) mass is 362 g/mol. The van der Waals surface area contributed by atoms with Gasteiger partial charge >= 0.3 is 0 Å². The second kappa shape index (κ2) is 6.33. The number of hydrogen-bond donors (Lipinski definition) is 1. The minimum atomic E-state index is -0.784. The number of aryl methyl sites for hydroxylation is 1. The molecular formula is C21H24F2OS. The maximum Gasteiger partial charge on any atom is 0.146 e. The van der Waals surface area contributed by atoms with E-state index in [1.807, 2.05) is 12.1 Å². The second-order valence-electron chi connectivity index (χ2n) is 7.49. The lowest BCUT2D eigenvalue weighted by atomic mass is 9.78. The van der Waals surface area contributed by atoms with E-state index in [0.717, 1.165) is 47.8 Å². The SMILES string of the molecule is Cc1ccc2c(sc3c(F)c(C(O)C4CCC(C)CC4)ccc32)c1F.[HH]. The molecule has 0 aliphatic heterocycles. The summed E-state index contributed by atoms with van der Waals surface area (Å²) in [4.78, 5) is 0. The van der Waals surface area contributed by atoms with E-state index in [-0.39, 0.29) is 19.0 Å². The van der Waals surface area contributed by atoms with Crippen molar-refractivity contribution in [2.24, 2.45) is 11.8 Å². The minimum Gasteiger partial charge on any atom is -0.388 e. The van der Waals surface area contributed by atoms with Crippen LogP contribution in [0.1, 0.15) is 51.3 Å². The third kappa shape index (κ3) is 2.76. The average molecular weight is 362 g/mol. The molecule has 1 aliphatic rings. The van der Waals surface area contributed by atoms with Crippen molar-refractivity contribution in [2.75, 3.05) is 0 Å². The number of benzene rings is 2. The number of fused-ring (bicyclic) bond motifs is 3. The molecule has 1 nitrogen and oxygen atoms in total. The molecule has 4 rings (SSSR count). The summed E-state index contributed by atoms with van der Waals surface area (Å²) in [6, 6.07) is 7.10. The molecule has 1 atom stereocenters. The third-order valence-corrected chi connectivity index (χ3v) is 6.94. The maximum atomic E-state index is 15.1. The van der Waals surface area contributed by atoms with Crippen molar-refractivity contribution in [3.05, 3.63) is 47.0 Å². The molecule has 1 aliphatic carbocycles. The Kier molecular flexibility index (Phi) is 4.28. The van der Waals surface area contributed by atoms with Crippen LogP contribution in [0.4, 0.5) is 8.78 Å². The molecule has 1 fully saturated rings. The summed E-state index contributed by atoms with van der Waals surface area (Å²) in [5.74, 6) is 0.129. The van der Waals surface area contributed by atoms with Crippen LogP contribution in [-0.2, 0) is 0 Å². The van der Waals surface area contributed by atoms with E-state index in [0.29, 0.717) is 26.4 Å². The van der Waals surface area contributed by atoms with Gasteiger partial charge in [-0.25, -0.2) is 8.78 Å². The highest BCUT2D eigenvalue weighted by Crippen LogP contribution is 2.42. The molecule has 25 heavy (non-hydrogen) atoms. The molecule has 1 saturated carbocycles. The minimum absolute atomic E-state index is 0. The van der Waals surface area contributed by atoms with Crippen LogP contribution in [0.2, 0.25) is 0 Å². The Morgan fingerprint density at radius 2 is 1.60 bits per heavy atom. The fourth-order valence-corrected chi connectivity index (χ4v) is 5.27. The van der Waals surface area contributed by atoms with Crippen molar-refractivity contribution in [1.82, 2.24) is 0 Å². The third-order valence-electron chi connectivity index (χ3n) is 5.74. The second-order valence-corrected chi connectivity index (χ2v) is 8.51. The first-order valence-electron chi connectivity index (χ1n) is 8.95. The van der Waals surface area contributed by atoms with Gasteiger partial charge in [-0.15, -0.1) is 11.3 Å². The number of aliphatic hydroxyl groups is 1. The van der Waals surface area contributed by atoms with Gasteiger partial charge in [0.25, 0.3) is 0 Å². The number of thiophene rings is 1. The first-order valence-corrected chi connectivity index (χ1v) is 9.76. The van der Waals surface area contributed by atoms with Gasteiger partial charge in [-0.3, -0.25) is 0 Å². The van der Waals surface area contributed by atoms with Crippen LogP contribution in [0, 0.1) is 30.4 Å². The zero-order valence-electron chi connectivity index (χ0n) is 14.5. The lowest BCUT2D eigenvalue weighted by Crippen LogP contribution is -2.20. The van der Waals surface area contributed by atoms with Gasteiger partial charge in [-0.2, -0.15) is 0 Å². The molecule has 134 valence electrons. The van der Waals surface area contributed by atoms with Crippen molar-refractivity contribution in [3.63, 3.8) is 0 Å². The Labute approximate surface area is 151 Å². The summed E-state index contributed by atoms with van der Waals surface area (Å²) >= 11 is 1.15. The maximum absolute atomic E-state index is 15.1. The Morgan fingerprint density at radius 1 is 1.00 bits per heavy atom. The normalized spacial score (nSPS) is 22.6. The van der Waals surface area contributed by atoms with Crippen molar-refractivity contribution >= 4 is 31.5 Å². The molecule has 1 unspecified atom stereocenters. The highest BCUT2D eigenvalue weighted by atomic mass is 32.1.